The van der Waals surface area contributed by atoms with Gasteiger partial charge in [-0.05, 0) is 72.2 Å². The fourth-order valence-corrected chi connectivity index (χ4v) is 8.04. The van der Waals surface area contributed by atoms with E-state index in [9.17, 15) is 55.9 Å². The molecule has 1 aliphatic rings. The maximum atomic E-state index is 14.0. The lowest BCUT2D eigenvalue weighted by molar-refractivity contribution is -0.144. The van der Waals surface area contributed by atoms with Crippen LogP contribution >= 0.6 is 11.3 Å². The molecule has 2 heterocycles. The number of carbonyl (C=O) groups excluding carboxylic acids is 4. The van der Waals surface area contributed by atoms with E-state index in [1.165, 1.54) is 47.6 Å². The molecule has 0 spiro atoms. The third-order valence-corrected chi connectivity index (χ3v) is 11.8. The molecule has 13 nitrogen and oxygen atoms in total. The van der Waals surface area contributed by atoms with Gasteiger partial charge in [-0.2, -0.15) is 31.6 Å². The van der Waals surface area contributed by atoms with Gasteiger partial charge in [-0.15, -0.1) is 11.3 Å². The van der Waals surface area contributed by atoms with Gasteiger partial charge in [0.05, 0.1) is 40.4 Å². The van der Waals surface area contributed by atoms with E-state index in [1.807, 2.05) is 31.2 Å². The Morgan fingerprint density at radius 2 is 1.69 bits per heavy atom. The van der Waals surface area contributed by atoms with Gasteiger partial charge in [-0.25, -0.2) is 4.98 Å². The first-order valence-electron chi connectivity index (χ1n) is 21.0. The Labute approximate surface area is 387 Å². The van der Waals surface area contributed by atoms with Crippen molar-refractivity contribution < 1.29 is 60.1 Å². The maximum Gasteiger partial charge on any atom is 0.416 e. The number of hydrogen-bond donors (Lipinski definition) is 4. The molecule has 0 bridgehead atoms. The predicted octanol–water partition coefficient (Wildman–Crippen LogP) is 7.75. The van der Waals surface area contributed by atoms with Crippen molar-refractivity contribution in [3.8, 4) is 28.0 Å². The summed E-state index contributed by atoms with van der Waals surface area (Å²) in [5, 5.41) is 28.5. The number of halogens is 6. The summed E-state index contributed by atoms with van der Waals surface area (Å²) in [6.07, 6.45) is -9.17. The fourth-order valence-electron chi connectivity index (χ4n) is 7.23. The highest BCUT2D eigenvalue weighted by atomic mass is 32.1. The topological polar surface area (TPSA) is 183 Å². The Hall–Kier alpha value is -6.46. The van der Waals surface area contributed by atoms with Gasteiger partial charge in [0.1, 0.15) is 30.3 Å². The van der Waals surface area contributed by atoms with Crippen LogP contribution in [0.5, 0.6) is 11.5 Å². The molecule has 1 fully saturated rings. The number of methoxy groups -OCH3 is 1. The van der Waals surface area contributed by atoms with Gasteiger partial charge in [0.25, 0.3) is 5.91 Å². The number of nitrogens with one attached hydrogen (secondary N) is 3. The number of rotatable bonds is 17. The summed E-state index contributed by atoms with van der Waals surface area (Å²) in [5.41, 5.74) is 0.221. The second-order valence-electron chi connectivity index (χ2n) is 16.9. The molecular weight excluding hydrogens is 907 g/mol. The third kappa shape index (κ3) is 13.8. The highest BCUT2D eigenvalue weighted by molar-refractivity contribution is 7.13. The van der Waals surface area contributed by atoms with Gasteiger partial charge < -0.3 is 35.4 Å². The smallest absolute Gasteiger partial charge is 0.416 e. The number of ether oxygens (including phenoxy) is 2. The minimum Gasteiger partial charge on any atom is -0.493 e. The summed E-state index contributed by atoms with van der Waals surface area (Å²) >= 11 is 1.54. The Kier molecular flexibility index (Phi) is 16.8. The molecule has 1 aromatic heterocycles. The normalized spacial score (nSPS) is 15.9. The lowest BCUT2D eigenvalue weighted by atomic mass is 9.85. The van der Waals surface area contributed by atoms with E-state index in [0.29, 0.717) is 18.6 Å². The van der Waals surface area contributed by atoms with Crippen LogP contribution in [0.15, 0.2) is 71.7 Å². The van der Waals surface area contributed by atoms with Gasteiger partial charge in [0, 0.05) is 38.0 Å². The van der Waals surface area contributed by atoms with E-state index in [4.69, 9.17) is 9.47 Å². The summed E-state index contributed by atoms with van der Waals surface area (Å²) in [6, 6.07) is 12.7. The SMILES string of the molecule is COc1cc(/C=C(\C#N)C(=O)NCCCCC(=O)N[C@H](C(=O)N2C[C@H](O)C[C@H]2C(=O)NCc2ccc(-c3scnc3C)cc2)C(C)(C)C)ccc1OCc1ccc(C(F)(F)F)cc1C(F)(F)F. The number of nitriles is 1. The molecular formula is C47H50F6N6O7S. The van der Waals surface area contributed by atoms with E-state index in [1.54, 1.807) is 32.4 Å². The molecule has 3 aromatic carbocycles. The summed E-state index contributed by atoms with van der Waals surface area (Å²) in [4.78, 5) is 60.1. The largest absolute Gasteiger partial charge is 0.493 e. The average molecular weight is 957 g/mol. The number of unbranched alkanes of at least 4 members (excludes halogenated alkanes) is 1. The first kappa shape index (κ1) is 51.5. The molecule has 0 saturated carbocycles. The Morgan fingerprint density at radius 1 is 0.970 bits per heavy atom. The number of benzene rings is 3. The summed E-state index contributed by atoms with van der Waals surface area (Å²) in [6.45, 7) is 6.68. The number of alkyl halides is 6. The number of amides is 4. The van der Waals surface area contributed by atoms with Gasteiger partial charge >= 0.3 is 12.4 Å². The van der Waals surface area contributed by atoms with Gasteiger partial charge in [-0.1, -0.05) is 57.2 Å². The number of aliphatic hydroxyl groups is 1. The summed E-state index contributed by atoms with van der Waals surface area (Å²) in [5.74, 6) is -2.19. The van der Waals surface area contributed by atoms with Crippen LogP contribution in [0.2, 0.25) is 0 Å². The Bertz CT molecular complexity index is 2500. The molecule has 4 amide bonds. The summed E-state index contributed by atoms with van der Waals surface area (Å²) in [7, 11) is 1.23. The molecule has 20 heteroatoms. The number of thiazole rings is 1. The number of aliphatic hydroxyl groups excluding tert-OH is 1. The first-order chi connectivity index (χ1) is 31.5. The van der Waals surface area contributed by atoms with Crippen molar-refractivity contribution in [1.29, 1.82) is 5.26 Å². The highest BCUT2D eigenvalue weighted by Crippen LogP contribution is 2.39. The van der Waals surface area contributed by atoms with E-state index in [2.05, 4.69) is 20.9 Å². The number of aromatic nitrogens is 1. The molecule has 4 N–H and O–H groups in total. The molecule has 4 aromatic rings. The van der Waals surface area contributed by atoms with E-state index < -0.39 is 82.9 Å². The lowest BCUT2D eigenvalue weighted by Crippen LogP contribution is -2.57. The number of hydrogen-bond acceptors (Lipinski definition) is 10. The van der Waals surface area contributed by atoms with Crippen molar-refractivity contribution in [3.05, 3.63) is 105 Å². The van der Waals surface area contributed by atoms with Gasteiger partial charge in [-0.3, -0.25) is 19.2 Å². The molecule has 0 unspecified atom stereocenters. The van der Waals surface area contributed by atoms with Crippen LogP contribution in [0.4, 0.5) is 26.3 Å². The molecule has 5 rings (SSSR count). The first-order valence-corrected chi connectivity index (χ1v) is 21.9. The number of β-amino-alcohol motifs (C(OH)–C–C–N with tert-alkyl or cyclic N) is 1. The van der Waals surface area contributed by atoms with Crippen molar-refractivity contribution in [2.75, 3.05) is 20.2 Å². The molecule has 358 valence electrons. The van der Waals surface area contributed by atoms with E-state index >= 15 is 0 Å². The molecule has 3 atom stereocenters. The van der Waals surface area contributed by atoms with Crippen LogP contribution < -0.4 is 25.4 Å². The van der Waals surface area contributed by atoms with Gasteiger partial charge in [0.15, 0.2) is 11.5 Å². The average Bonchev–Trinajstić information content (AvgIpc) is 3.89. The molecule has 0 aliphatic carbocycles. The van der Waals surface area contributed by atoms with Crippen molar-refractivity contribution >= 4 is 41.0 Å². The van der Waals surface area contributed by atoms with Crippen molar-refractivity contribution in [2.24, 2.45) is 5.41 Å². The standard InChI is InChI=1S/C47H50F6N6O7S/c1-27-40(67-26-57-27)30-12-9-28(10-13-30)23-56-43(63)36-21-34(60)24-59(36)44(64)41(45(2,3)4)58-39(61)8-6-7-17-55-42(62)32(22-54)18-29-11-16-37(38(19-29)65-5)66-25-31-14-15-33(46(48,49)50)20-35(31)47(51,52)53/h9-16,18-20,26,34,36,41,60H,6-8,17,21,23-25H2,1-5H3,(H,55,62)(H,56,63)(H,58,61)/b32-18+/t34-,36+,41-/m1/s1. The highest BCUT2D eigenvalue weighted by Gasteiger charge is 2.44. The van der Waals surface area contributed by atoms with Crippen LogP contribution in [-0.2, 0) is 44.7 Å². The minimum absolute atomic E-state index is 0.000150. The van der Waals surface area contributed by atoms with Crippen LogP contribution in [-0.4, -0.2) is 77.0 Å². The second-order valence-corrected chi connectivity index (χ2v) is 17.7. The zero-order valence-corrected chi connectivity index (χ0v) is 38.0. The number of likely N-dealkylation sites (tertiary alicyclic amines) is 1. The minimum atomic E-state index is -5.09. The van der Waals surface area contributed by atoms with E-state index in [0.717, 1.165) is 21.7 Å². The third-order valence-electron chi connectivity index (χ3n) is 10.8. The lowest BCUT2D eigenvalue weighted by Gasteiger charge is -2.35. The summed E-state index contributed by atoms with van der Waals surface area (Å²) < 4.78 is 90.9. The monoisotopic (exact) mass is 956 g/mol. The Morgan fingerprint density at radius 3 is 2.30 bits per heavy atom. The van der Waals surface area contributed by atoms with Crippen LogP contribution in [0, 0.1) is 23.7 Å². The number of nitrogens with zero attached hydrogens (tertiary/aromatic N) is 3. The van der Waals surface area contributed by atoms with Crippen LogP contribution in [0.25, 0.3) is 16.5 Å². The van der Waals surface area contributed by atoms with Gasteiger partial charge in [0.2, 0.25) is 17.7 Å². The zero-order valence-electron chi connectivity index (χ0n) is 37.2. The van der Waals surface area contributed by atoms with E-state index in [-0.39, 0.29) is 67.6 Å². The Balaban J connectivity index is 1.10. The number of aryl methyl sites for hydroxylation is 1. The second kappa shape index (κ2) is 21.9. The van der Waals surface area contributed by atoms with Crippen molar-refractivity contribution in [3.63, 3.8) is 0 Å². The fraction of sp³-hybridized carbons (Fsp3) is 0.404. The quantitative estimate of drug-likeness (QED) is 0.0356. The molecule has 1 aliphatic heterocycles. The number of carbonyl (C=O) groups is 4. The maximum absolute atomic E-state index is 14.0. The van der Waals surface area contributed by atoms with Crippen LogP contribution in [0.3, 0.4) is 0 Å². The van der Waals surface area contributed by atoms with Crippen molar-refractivity contribution in [2.45, 2.75) is 97.1 Å². The molecule has 1 saturated heterocycles. The predicted molar refractivity (Wildman–Crippen MR) is 236 cm³/mol. The van der Waals surface area contributed by atoms with Crippen LogP contribution in [0.1, 0.15) is 80.0 Å². The zero-order chi connectivity index (χ0) is 49.3. The molecule has 67 heavy (non-hydrogen) atoms. The molecule has 0 radical (unpaired) electrons. The van der Waals surface area contributed by atoms with Crippen molar-refractivity contribution in [1.82, 2.24) is 25.8 Å².